The van der Waals surface area contributed by atoms with Crippen molar-refractivity contribution in [1.82, 2.24) is 15.6 Å². The van der Waals surface area contributed by atoms with Gasteiger partial charge in [0.25, 0.3) is 0 Å². The predicted molar refractivity (Wildman–Crippen MR) is 175 cm³/mol. The summed E-state index contributed by atoms with van der Waals surface area (Å²) in [5.74, 6) is 0.679. The van der Waals surface area contributed by atoms with Crippen molar-refractivity contribution in [3.05, 3.63) is 104 Å². The third-order valence-corrected chi connectivity index (χ3v) is 8.41. The van der Waals surface area contributed by atoms with Gasteiger partial charge in [0, 0.05) is 18.0 Å². The summed E-state index contributed by atoms with van der Waals surface area (Å²) in [6, 6.07) is 20.8. The number of hydrogen-bond donors (Lipinski definition) is 6. The fourth-order valence-corrected chi connectivity index (χ4v) is 5.90. The van der Waals surface area contributed by atoms with Gasteiger partial charge in [0.05, 0.1) is 28.7 Å². The second kappa shape index (κ2) is 16.8. The second-order valence-corrected chi connectivity index (χ2v) is 11.6. The van der Waals surface area contributed by atoms with Crippen LogP contribution in [0.4, 0.5) is 4.79 Å². The van der Waals surface area contributed by atoms with Crippen LogP contribution in [-0.2, 0) is 0 Å². The number of carboxylic acid groups (broad SMARTS) is 1. The van der Waals surface area contributed by atoms with Crippen molar-refractivity contribution in [2.24, 2.45) is 0 Å². The predicted octanol–water partition coefficient (Wildman–Crippen LogP) is 6.79. The van der Waals surface area contributed by atoms with E-state index in [9.17, 15) is 24.9 Å². The molecule has 0 spiro atoms. The number of H-pyrrole nitrogens is 1. The van der Waals surface area contributed by atoms with E-state index in [1.54, 1.807) is 12.1 Å². The molecule has 6 N–H and O–H groups in total. The summed E-state index contributed by atoms with van der Waals surface area (Å²) < 4.78 is 6.79. The van der Waals surface area contributed by atoms with Gasteiger partial charge in [-0.2, -0.15) is 0 Å². The third-order valence-electron chi connectivity index (χ3n) is 7.56. The highest BCUT2D eigenvalue weighted by molar-refractivity contribution is 9.10. The normalized spacial score (nSPS) is 12.6. The van der Waals surface area contributed by atoms with Crippen molar-refractivity contribution in [3.63, 3.8) is 0 Å². The van der Waals surface area contributed by atoms with Gasteiger partial charge >= 0.3 is 6.09 Å². The molecule has 10 heteroatoms. The van der Waals surface area contributed by atoms with Gasteiger partial charge in [-0.25, -0.2) is 4.79 Å². The smallest absolute Gasteiger partial charge is 0.405 e. The highest BCUT2D eigenvalue weighted by Crippen LogP contribution is 2.35. The molecule has 3 aromatic carbocycles. The topological polar surface area (TPSA) is 144 Å². The lowest BCUT2D eigenvalue weighted by molar-refractivity contribution is 0.176. The van der Waals surface area contributed by atoms with Gasteiger partial charge in [-0.1, -0.05) is 80.6 Å². The fraction of sp³-hybridized carbons (Fsp3) is 0.353. The summed E-state index contributed by atoms with van der Waals surface area (Å²) in [6.07, 6.45) is 5.72. The monoisotopic (exact) mass is 665 g/mol. The highest BCUT2D eigenvalue weighted by Gasteiger charge is 2.21. The van der Waals surface area contributed by atoms with Gasteiger partial charge in [-0.05, 0) is 70.2 Å². The Bertz CT molecular complexity index is 1560. The summed E-state index contributed by atoms with van der Waals surface area (Å²) in [7, 11) is 0. The van der Waals surface area contributed by atoms with Crippen molar-refractivity contribution in [1.29, 1.82) is 0 Å². The molecule has 0 aliphatic carbocycles. The van der Waals surface area contributed by atoms with Gasteiger partial charge in [0.2, 0.25) is 5.56 Å². The fourth-order valence-electron chi connectivity index (χ4n) is 5.29. The number of aromatic hydroxyl groups is 1. The first-order valence-corrected chi connectivity index (χ1v) is 15.8. The average molecular weight is 667 g/mol. The van der Waals surface area contributed by atoms with Crippen molar-refractivity contribution in [2.75, 3.05) is 19.7 Å². The third kappa shape index (κ3) is 9.32. The molecule has 44 heavy (non-hydrogen) atoms. The minimum Gasteiger partial charge on any atom is -0.506 e. The number of benzene rings is 3. The number of phenols is 1. The summed E-state index contributed by atoms with van der Waals surface area (Å²) in [4.78, 5) is 25.7. The van der Waals surface area contributed by atoms with E-state index in [-0.39, 0.29) is 11.3 Å². The second-order valence-electron chi connectivity index (χ2n) is 10.8. The number of nitrogens with one attached hydrogen (secondary N) is 3. The summed E-state index contributed by atoms with van der Waals surface area (Å²) in [6.45, 7) is 1.78. The summed E-state index contributed by atoms with van der Waals surface area (Å²) in [5.41, 5.74) is 2.35. The number of carbonyl (C=O) groups is 1. The molecule has 2 atom stereocenters. The molecule has 0 saturated heterocycles. The van der Waals surface area contributed by atoms with Gasteiger partial charge in [0.15, 0.2) is 0 Å². The van der Waals surface area contributed by atoms with Gasteiger partial charge in [-0.15, -0.1) is 0 Å². The van der Waals surface area contributed by atoms with Gasteiger partial charge in [0.1, 0.15) is 11.5 Å². The number of rotatable bonds is 17. The molecule has 1 amide bonds. The molecule has 234 valence electrons. The Hall–Kier alpha value is -3.86. The van der Waals surface area contributed by atoms with Crippen LogP contribution in [-0.4, -0.2) is 46.1 Å². The lowest BCUT2D eigenvalue weighted by Crippen LogP contribution is -2.27. The van der Waals surface area contributed by atoms with Crippen LogP contribution >= 0.6 is 15.9 Å². The maximum Gasteiger partial charge on any atom is 0.405 e. The van der Waals surface area contributed by atoms with Crippen molar-refractivity contribution in [2.45, 2.75) is 57.1 Å². The van der Waals surface area contributed by atoms with Crippen LogP contribution in [0.15, 0.2) is 82.1 Å². The van der Waals surface area contributed by atoms with Gasteiger partial charge in [-0.3, -0.25) is 4.79 Å². The number of hydrogen-bond acceptors (Lipinski definition) is 6. The molecule has 4 rings (SSSR count). The number of aromatic amines is 1. The number of pyridine rings is 1. The zero-order chi connectivity index (χ0) is 31.3. The quantitative estimate of drug-likeness (QED) is 0.0682. The lowest BCUT2D eigenvalue weighted by atomic mass is 9.98. The average Bonchev–Trinajstić information content (AvgIpc) is 3.02. The van der Waals surface area contributed by atoms with E-state index in [1.165, 1.54) is 12.1 Å². The first kappa shape index (κ1) is 33.0. The minimum absolute atomic E-state index is 0.0167. The standard InChI is InChI=1S/C34H40BrN3O6/c35-31-26(32(38-34(42)43)23-12-7-6-8-13-23)14-11-15-29(31)44-21-10-5-3-1-2-4-9-20-36-22-28(40)24-16-18-27(39)33-25(24)17-19-30(41)37-33/h6-8,11-19,28,32,36,38-40H,1-5,9-10,20-22H2,(H,37,41)(H,42,43)/t28-,32?/m1/s1. The van der Waals surface area contributed by atoms with Crippen molar-refractivity contribution in [3.8, 4) is 11.5 Å². The van der Waals surface area contributed by atoms with Crippen LogP contribution in [0.2, 0.25) is 0 Å². The Balaban J connectivity index is 1.10. The summed E-state index contributed by atoms with van der Waals surface area (Å²) >= 11 is 3.63. The Morgan fingerprint density at radius 2 is 1.59 bits per heavy atom. The molecule has 0 radical (unpaired) electrons. The molecule has 1 aromatic heterocycles. The van der Waals surface area contributed by atoms with Gasteiger partial charge < -0.3 is 35.7 Å². The van der Waals surface area contributed by atoms with Crippen LogP contribution in [0.3, 0.4) is 0 Å². The van der Waals surface area contributed by atoms with E-state index in [0.29, 0.717) is 35.4 Å². The molecular weight excluding hydrogens is 626 g/mol. The number of aliphatic hydroxyl groups is 1. The number of halogens is 1. The van der Waals surface area contributed by atoms with E-state index in [0.717, 1.165) is 67.1 Å². The maximum absolute atomic E-state index is 11.6. The van der Waals surface area contributed by atoms with Crippen molar-refractivity contribution < 1.29 is 24.9 Å². The highest BCUT2D eigenvalue weighted by atomic mass is 79.9. The van der Waals surface area contributed by atoms with E-state index in [1.807, 2.05) is 48.5 Å². The maximum atomic E-state index is 11.6. The zero-order valence-electron chi connectivity index (χ0n) is 24.6. The van der Waals surface area contributed by atoms with E-state index < -0.39 is 18.2 Å². The molecule has 0 bridgehead atoms. The number of fused-ring (bicyclic) bond motifs is 1. The number of unbranched alkanes of at least 4 members (excludes halogenated alkanes) is 6. The molecule has 0 aliphatic rings. The van der Waals surface area contributed by atoms with Crippen LogP contribution in [0, 0.1) is 0 Å². The number of aromatic nitrogens is 1. The largest absolute Gasteiger partial charge is 0.506 e. The van der Waals surface area contributed by atoms with Crippen LogP contribution in [0.1, 0.15) is 73.8 Å². The first-order chi connectivity index (χ1) is 21.3. The number of ether oxygens (including phenoxy) is 1. The summed E-state index contributed by atoms with van der Waals surface area (Å²) in [5, 5.41) is 36.6. The number of phenolic OH excluding ortho intramolecular Hbond substituents is 1. The zero-order valence-corrected chi connectivity index (χ0v) is 26.2. The molecular formula is C34H40BrN3O6. The Labute approximate surface area is 265 Å². The molecule has 0 aliphatic heterocycles. The number of amides is 1. The molecule has 0 saturated carbocycles. The van der Waals surface area contributed by atoms with E-state index in [4.69, 9.17) is 4.74 Å². The van der Waals surface area contributed by atoms with Crippen LogP contribution < -0.4 is 20.9 Å². The van der Waals surface area contributed by atoms with Crippen LogP contribution in [0.25, 0.3) is 10.9 Å². The molecule has 4 aromatic rings. The Kier molecular flexibility index (Phi) is 12.6. The SMILES string of the molecule is O=C(O)NC(c1ccccc1)c1cccc(OCCCCCCCCCNC[C@@H](O)c2ccc(O)c3[nH]c(=O)ccc23)c1Br. The Morgan fingerprint density at radius 3 is 2.34 bits per heavy atom. The van der Waals surface area contributed by atoms with E-state index >= 15 is 0 Å². The molecule has 1 unspecified atom stereocenters. The first-order valence-electron chi connectivity index (χ1n) is 15.0. The van der Waals surface area contributed by atoms with Crippen LogP contribution in [0.5, 0.6) is 11.5 Å². The lowest BCUT2D eigenvalue weighted by Gasteiger charge is -2.21. The number of aliphatic hydroxyl groups excluding tert-OH is 1. The Morgan fingerprint density at radius 1 is 0.864 bits per heavy atom. The van der Waals surface area contributed by atoms with Crippen molar-refractivity contribution >= 4 is 32.9 Å². The molecule has 9 nitrogen and oxygen atoms in total. The molecule has 0 fully saturated rings. The van der Waals surface area contributed by atoms with E-state index in [2.05, 4.69) is 31.5 Å². The minimum atomic E-state index is -1.09. The molecule has 1 heterocycles.